The highest BCUT2D eigenvalue weighted by Crippen LogP contribution is 2.29. The third-order valence-electron chi connectivity index (χ3n) is 4.70. The number of ether oxygens (including phenoxy) is 1. The minimum absolute atomic E-state index is 0.0715. The first-order valence-corrected chi connectivity index (χ1v) is 8.40. The van der Waals surface area contributed by atoms with E-state index in [0.29, 0.717) is 6.04 Å². The SMILES string of the molecule is Cc1ccc2cc(CN[C@H]3CCO[C@@H]3c3ccnn3C)ccc2n1. The Morgan fingerprint density at radius 3 is 3.00 bits per heavy atom. The Morgan fingerprint density at radius 2 is 2.17 bits per heavy atom. The molecule has 1 aliphatic heterocycles. The normalized spacial score (nSPS) is 20.8. The van der Waals surface area contributed by atoms with E-state index in [1.54, 1.807) is 0 Å². The van der Waals surface area contributed by atoms with Gasteiger partial charge in [0.25, 0.3) is 0 Å². The van der Waals surface area contributed by atoms with E-state index >= 15 is 0 Å². The molecule has 0 amide bonds. The van der Waals surface area contributed by atoms with E-state index in [-0.39, 0.29) is 6.10 Å². The van der Waals surface area contributed by atoms with Crippen LogP contribution in [0.25, 0.3) is 10.9 Å². The quantitative estimate of drug-likeness (QED) is 0.802. The van der Waals surface area contributed by atoms with Crippen molar-refractivity contribution >= 4 is 10.9 Å². The van der Waals surface area contributed by atoms with E-state index in [1.165, 1.54) is 10.9 Å². The van der Waals surface area contributed by atoms with Gasteiger partial charge in [-0.2, -0.15) is 5.10 Å². The molecule has 1 fully saturated rings. The number of nitrogens with one attached hydrogen (secondary N) is 1. The maximum absolute atomic E-state index is 5.93. The molecule has 2 atom stereocenters. The monoisotopic (exact) mass is 322 g/mol. The summed E-state index contributed by atoms with van der Waals surface area (Å²) in [5.41, 5.74) is 4.50. The number of benzene rings is 1. The summed E-state index contributed by atoms with van der Waals surface area (Å²) in [6.07, 6.45) is 2.92. The lowest BCUT2D eigenvalue weighted by Gasteiger charge is -2.20. The van der Waals surface area contributed by atoms with Gasteiger partial charge in [-0.15, -0.1) is 0 Å². The Labute approximate surface area is 141 Å². The zero-order valence-electron chi connectivity index (χ0n) is 14.1. The van der Waals surface area contributed by atoms with Crippen LogP contribution in [0.5, 0.6) is 0 Å². The number of rotatable bonds is 4. The van der Waals surface area contributed by atoms with Gasteiger partial charge in [0.15, 0.2) is 0 Å². The van der Waals surface area contributed by atoms with Crippen molar-refractivity contribution < 1.29 is 4.74 Å². The predicted molar refractivity (Wildman–Crippen MR) is 93.6 cm³/mol. The lowest BCUT2D eigenvalue weighted by Crippen LogP contribution is -2.32. The Kier molecular flexibility index (Phi) is 4.04. The predicted octanol–water partition coefficient (Wildman–Crippen LogP) is 2.90. The van der Waals surface area contributed by atoms with Gasteiger partial charge in [-0.1, -0.05) is 12.1 Å². The van der Waals surface area contributed by atoms with Crippen LogP contribution >= 0.6 is 0 Å². The molecular weight excluding hydrogens is 300 g/mol. The molecule has 0 bridgehead atoms. The summed E-state index contributed by atoms with van der Waals surface area (Å²) >= 11 is 0. The summed E-state index contributed by atoms with van der Waals surface area (Å²) in [6.45, 7) is 3.63. The van der Waals surface area contributed by atoms with Gasteiger partial charge in [-0.25, -0.2) is 0 Å². The van der Waals surface area contributed by atoms with Crippen LogP contribution < -0.4 is 5.32 Å². The van der Waals surface area contributed by atoms with Gasteiger partial charge in [-0.3, -0.25) is 9.67 Å². The van der Waals surface area contributed by atoms with E-state index in [9.17, 15) is 0 Å². The highest BCUT2D eigenvalue weighted by molar-refractivity contribution is 5.79. The first-order chi connectivity index (χ1) is 11.7. The number of pyridine rings is 1. The summed E-state index contributed by atoms with van der Waals surface area (Å²) in [5, 5.41) is 9.10. The number of fused-ring (bicyclic) bond motifs is 1. The topological polar surface area (TPSA) is 52.0 Å². The molecule has 5 nitrogen and oxygen atoms in total. The number of aryl methyl sites for hydroxylation is 2. The molecule has 0 aliphatic carbocycles. The van der Waals surface area contributed by atoms with Gasteiger partial charge in [-0.05, 0) is 43.2 Å². The van der Waals surface area contributed by atoms with Crippen LogP contribution in [0.1, 0.15) is 29.5 Å². The maximum atomic E-state index is 5.93. The maximum Gasteiger partial charge on any atom is 0.114 e. The second-order valence-electron chi connectivity index (χ2n) is 6.43. The first-order valence-electron chi connectivity index (χ1n) is 8.40. The molecule has 3 aromatic rings. The van der Waals surface area contributed by atoms with Crippen LogP contribution in [0.3, 0.4) is 0 Å². The Bertz CT molecular complexity index is 857. The van der Waals surface area contributed by atoms with Gasteiger partial charge < -0.3 is 10.1 Å². The van der Waals surface area contributed by atoms with Crippen molar-refractivity contribution in [1.29, 1.82) is 0 Å². The largest absolute Gasteiger partial charge is 0.370 e. The molecule has 1 saturated heterocycles. The molecule has 1 aliphatic rings. The lowest BCUT2D eigenvalue weighted by atomic mass is 10.1. The molecular formula is C19H22N4O. The average molecular weight is 322 g/mol. The molecule has 3 heterocycles. The van der Waals surface area contributed by atoms with Crippen LogP contribution in [0.15, 0.2) is 42.6 Å². The zero-order valence-corrected chi connectivity index (χ0v) is 14.1. The van der Waals surface area contributed by atoms with Crippen LogP contribution in [0.4, 0.5) is 0 Å². The number of nitrogens with zero attached hydrogens (tertiary/aromatic N) is 3. The van der Waals surface area contributed by atoms with Crippen LogP contribution in [-0.2, 0) is 18.3 Å². The third-order valence-corrected chi connectivity index (χ3v) is 4.70. The fraction of sp³-hybridized carbons (Fsp3) is 0.368. The Morgan fingerprint density at radius 1 is 1.25 bits per heavy atom. The molecule has 124 valence electrons. The molecule has 0 radical (unpaired) electrons. The van der Waals surface area contributed by atoms with E-state index in [0.717, 1.165) is 36.5 Å². The van der Waals surface area contributed by atoms with Crippen molar-refractivity contribution in [3.8, 4) is 0 Å². The molecule has 0 spiro atoms. The van der Waals surface area contributed by atoms with Gasteiger partial charge in [0.2, 0.25) is 0 Å². The summed E-state index contributed by atoms with van der Waals surface area (Å²) in [4.78, 5) is 4.56. The summed E-state index contributed by atoms with van der Waals surface area (Å²) < 4.78 is 7.83. The molecule has 24 heavy (non-hydrogen) atoms. The van der Waals surface area contributed by atoms with Crippen LogP contribution in [-0.4, -0.2) is 27.4 Å². The van der Waals surface area contributed by atoms with Gasteiger partial charge in [0, 0.05) is 43.5 Å². The highest BCUT2D eigenvalue weighted by atomic mass is 16.5. The molecule has 2 aromatic heterocycles. The molecule has 0 unspecified atom stereocenters. The Hall–Kier alpha value is -2.24. The van der Waals surface area contributed by atoms with E-state index < -0.39 is 0 Å². The van der Waals surface area contributed by atoms with Crippen molar-refractivity contribution in [2.24, 2.45) is 7.05 Å². The molecule has 5 heteroatoms. The second-order valence-corrected chi connectivity index (χ2v) is 6.43. The summed E-state index contributed by atoms with van der Waals surface area (Å²) in [5.74, 6) is 0. The summed E-state index contributed by atoms with van der Waals surface area (Å²) in [7, 11) is 1.96. The molecule has 1 aromatic carbocycles. The number of hydrogen-bond donors (Lipinski definition) is 1. The number of aromatic nitrogens is 3. The van der Waals surface area contributed by atoms with E-state index in [2.05, 4.69) is 45.7 Å². The second kappa shape index (κ2) is 6.34. The first kappa shape index (κ1) is 15.3. The van der Waals surface area contributed by atoms with Crippen molar-refractivity contribution in [3.05, 3.63) is 59.5 Å². The van der Waals surface area contributed by atoms with Gasteiger partial charge in [0.1, 0.15) is 6.10 Å². The third kappa shape index (κ3) is 2.92. The fourth-order valence-corrected chi connectivity index (χ4v) is 3.39. The molecule has 4 rings (SSSR count). The van der Waals surface area contributed by atoms with Gasteiger partial charge in [0.05, 0.1) is 11.2 Å². The van der Waals surface area contributed by atoms with Crippen molar-refractivity contribution in [3.63, 3.8) is 0 Å². The Balaban J connectivity index is 1.48. The minimum Gasteiger partial charge on any atom is -0.370 e. The van der Waals surface area contributed by atoms with Crippen molar-refractivity contribution in [2.45, 2.75) is 32.0 Å². The van der Waals surface area contributed by atoms with Gasteiger partial charge >= 0.3 is 0 Å². The average Bonchev–Trinajstić information content (AvgIpc) is 3.21. The summed E-state index contributed by atoms with van der Waals surface area (Å²) in [6, 6.07) is 13.0. The van der Waals surface area contributed by atoms with E-state index in [4.69, 9.17) is 4.74 Å². The molecule has 0 saturated carbocycles. The standard InChI is InChI=1S/C19H22N4O/c1-13-3-5-15-11-14(4-6-16(15)22-13)12-20-17-8-10-24-19(17)18-7-9-21-23(18)2/h3-7,9,11,17,19-20H,8,10,12H2,1-2H3/t17-,19-/m0/s1. The smallest absolute Gasteiger partial charge is 0.114 e. The van der Waals surface area contributed by atoms with Crippen molar-refractivity contribution in [1.82, 2.24) is 20.1 Å². The number of hydrogen-bond acceptors (Lipinski definition) is 4. The van der Waals surface area contributed by atoms with Crippen molar-refractivity contribution in [2.75, 3.05) is 6.61 Å². The highest BCUT2D eigenvalue weighted by Gasteiger charge is 2.31. The van der Waals surface area contributed by atoms with E-state index in [1.807, 2.05) is 30.9 Å². The minimum atomic E-state index is 0.0715. The van der Waals surface area contributed by atoms with Crippen LogP contribution in [0.2, 0.25) is 0 Å². The zero-order chi connectivity index (χ0) is 16.5. The molecule has 1 N–H and O–H groups in total. The fourth-order valence-electron chi connectivity index (χ4n) is 3.39. The lowest BCUT2D eigenvalue weighted by molar-refractivity contribution is 0.0919. The van der Waals surface area contributed by atoms with Crippen LogP contribution in [0, 0.1) is 6.92 Å².